The highest BCUT2D eigenvalue weighted by molar-refractivity contribution is 5.93. The molecule has 7 nitrogen and oxygen atoms in total. The summed E-state index contributed by atoms with van der Waals surface area (Å²) in [6.45, 7) is 6.38. The van der Waals surface area contributed by atoms with Crippen LogP contribution in [-0.4, -0.2) is 40.3 Å². The molecule has 2 aliphatic carbocycles. The van der Waals surface area contributed by atoms with E-state index < -0.39 is 17.4 Å². The Morgan fingerprint density at radius 3 is 2.03 bits per heavy atom. The number of amides is 2. The molecule has 2 atom stereocenters. The topological polar surface area (TPSA) is 114 Å². The van der Waals surface area contributed by atoms with Crippen LogP contribution in [0.15, 0.2) is 18.3 Å². The van der Waals surface area contributed by atoms with Crippen molar-refractivity contribution < 1.29 is 9.59 Å². The van der Waals surface area contributed by atoms with Crippen molar-refractivity contribution in [3.05, 3.63) is 23.9 Å². The van der Waals surface area contributed by atoms with E-state index in [0.717, 1.165) is 31.2 Å². The van der Waals surface area contributed by atoms with Crippen LogP contribution in [0, 0.1) is 23.7 Å². The molecule has 1 aromatic rings. The summed E-state index contributed by atoms with van der Waals surface area (Å²) in [5.41, 5.74) is 11.7. The SMILES string of the molecule is CC(C)N(C)C(C)(C(N)=O)[C@H](C(=O)NCc1ccc(N)nc1)C(C1CCCCC1)C1CCCCC1. The van der Waals surface area contributed by atoms with E-state index in [2.05, 4.69) is 24.1 Å². The number of nitrogens with one attached hydrogen (secondary N) is 1. The molecule has 3 rings (SSSR count). The maximum Gasteiger partial charge on any atom is 0.238 e. The summed E-state index contributed by atoms with van der Waals surface area (Å²) >= 11 is 0. The second kappa shape index (κ2) is 12.2. The van der Waals surface area contributed by atoms with Gasteiger partial charge in [0.25, 0.3) is 0 Å². The van der Waals surface area contributed by atoms with Gasteiger partial charge in [0.1, 0.15) is 11.4 Å². The number of hydrogen-bond donors (Lipinski definition) is 3. The van der Waals surface area contributed by atoms with Crippen molar-refractivity contribution in [1.29, 1.82) is 0 Å². The molecule has 2 amide bonds. The minimum absolute atomic E-state index is 0.0717. The van der Waals surface area contributed by atoms with Crippen LogP contribution < -0.4 is 16.8 Å². The molecule has 2 fully saturated rings. The number of carbonyl (C=O) groups excluding carboxylic acids is 2. The van der Waals surface area contributed by atoms with Gasteiger partial charge in [0.2, 0.25) is 11.8 Å². The standard InChI is InChI=1S/C28H47N5O2/c1-19(2)33(4)28(3,27(30)35)25(26(34)32-18-20-15-16-23(29)31-17-20)24(21-11-7-5-8-12-21)22-13-9-6-10-14-22/h15-17,19,21-22,24-25H,5-14,18H2,1-4H3,(H2,29,31)(H2,30,35)(H,32,34)/t25-,28?/m0/s1. The lowest BCUT2D eigenvalue weighted by Crippen LogP contribution is -2.66. The molecular weight excluding hydrogens is 438 g/mol. The molecule has 196 valence electrons. The number of primary amides is 1. The summed E-state index contributed by atoms with van der Waals surface area (Å²) in [6.07, 6.45) is 13.5. The Bertz CT molecular complexity index is 812. The summed E-state index contributed by atoms with van der Waals surface area (Å²) in [7, 11) is 1.94. The Balaban J connectivity index is 2.02. The van der Waals surface area contributed by atoms with Crippen molar-refractivity contribution in [2.75, 3.05) is 12.8 Å². The molecule has 35 heavy (non-hydrogen) atoms. The van der Waals surface area contributed by atoms with Gasteiger partial charge in [-0.1, -0.05) is 70.3 Å². The maximum absolute atomic E-state index is 14.2. The lowest BCUT2D eigenvalue weighted by Gasteiger charge is -2.51. The van der Waals surface area contributed by atoms with E-state index in [1.165, 1.54) is 38.5 Å². The summed E-state index contributed by atoms with van der Waals surface area (Å²) in [4.78, 5) is 33.7. The molecule has 1 unspecified atom stereocenters. The first-order valence-electron chi connectivity index (χ1n) is 13.7. The molecule has 0 aromatic carbocycles. The Labute approximate surface area is 211 Å². The molecule has 2 aliphatic rings. The minimum atomic E-state index is -1.09. The first kappa shape index (κ1) is 27.4. The van der Waals surface area contributed by atoms with Gasteiger partial charge in [0.05, 0.1) is 5.92 Å². The number of pyridine rings is 1. The van der Waals surface area contributed by atoms with Gasteiger partial charge in [-0.15, -0.1) is 0 Å². The highest BCUT2D eigenvalue weighted by atomic mass is 16.2. The summed E-state index contributed by atoms with van der Waals surface area (Å²) in [5, 5.41) is 3.18. The molecule has 0 bridgehead atoms. The lowest BCUT2D eigenvalue weighted by atomic mass is 9.59. The van der Waals surface area contributed by atoms with Crippen molar-refractivity contribution in [1.82, 2.24) is 15.2 Å². The zero-order chi connectivity index (χ0) is 25.6. The van der Waals surface area contributed by atoms with Crippen LogP contribution in [0.1, 0.15) is 90.5 Å². The highest BCUT2D eigenvalue weighted by Crippen LogP contribution is 2.48. The van der Waals surface area contributed by atoms with E-state index >= 15 is 0 Å². The Kier molecular flexibility index (Phi) is 9.56. The number of nitrogens with zero attached hydrogens (tertiary/aromatic N) is 2. The Morgan fingerprint density at radius 1 is 1.06 bits per heavy atom. The van der Waals surface area contributed by atoms with Crippen LogP contribution in [0.2, 0.25) is 0 Å². The van der Waals surface area contributed by atoms with Crippen LogP contribution in [0.4, 0.5) is 5.82 Å². The van der Waals surface area contributed by atoms with Crippen molar-refractivity contribution in [3.8, 4) is 0 Å². The largest absolute Gasteiger partial charge is 0.384 e. The van der Waals surface area contributed by atoms with Gasteiger partial charge in [0.15, 0.2) is 0 Å². The Hall–Kier alpha value is -2.15. The summed E-state index contributed by atoms with van der Waals surface area (Å²) < 4.78 is 0. The van der Waals surface area contributed by atoms with Crippen LogP contribution in [0.25, 0.3) is 0 Å². The van der Waals surface area contributed by atoms with Crippen molar-refractivity contribution >= 4 is 17.6 Å². The zero-order valence-corrected chi connectivity index (χ0v) is 22.3. The molecule has 0 aliphatic heterocycles. The number of anilines is 1. The highest BCUT2D eigenvalue weighted by Gasteiger charge is 2.54. The molecule has 5 N–H and O–H groups in total. The smallest absolute Gasteiger partial charge is 0.238 e. The van der Waals surface area contributed by atoms with Crippen LogP contribution in [0.3, 0.4) is 0 Å². The third kappa shape index (κ3) is 6.35. The van der Waals surface area contributed by atoms with E-state index in [9.17, 15) is 9.59 Å². The predicted molar refractivity (Wildman–Crippen MR) is 141 cm³/mol. The fourth-order valence-electron chi connectivity index (χ4n) is 6.69. The zero-order valence-electron chi connectivity index (χ0n) is 22.3. The molecule has 7 heteroatoms. The van der Waals surface area contributed by atoms with E-state index in [4.69, 9.17) is 11.5 Å². The number of aromatic nitrogens is 1. The predicted octanol–water partition coefficient (Wildman–Crippen LogP) is 4.26. The minimum Gasteiger partial charge on any atom is -0.384 e. The van der Waals surface area contributed by atoms with E-state index in [-0.39, 0.29) is 17.9 Å². The van der Waals surface area contributed by atoms with E-state index in [0.29, 0.717) is 24.2 Å². The third-order valence-electron chi connectivity index (χ3n) is 8.98. The van der Waals surface area contributed by atoms with Crippen LogP contribution >= 0.6 is 0 Å². The molecule has 0 saturated heterocycles. The molecular formula is C28H47N5O2. The van der Waals surface area contributed by atoms with Gasteiger partial charge < -0.3 is 16.8 Å². The van der Waals surface area contributed by atoms with E-state index in [1.807, 2.05) is 24.9 Å². The fourth-order valence-corrected chi connectivity index (χ4v) is 6.69. The van der Waals surface area contributed by atoms with Crippen LogP contribution in [0.5, 0.6) is 0 Å². The third-order valence-corrected chi connectivity index (χ3v) is 8.98. The second-order valence-electron chi connectivity index (χ2n) is 11.4. The first-order valence-corrected chi connectivity index (χ1v) is 13.7. The molecule has 2 saturated carbocycles. The number of nitrogen functional groups attached to an aromatic ring is 1. The molecule has 0 radical (unpaired) electrons. The van der Waals surface area contributed by atoms with Gasteiger partial charge in [-0.2, -0.15) is 0 Å². The number of nitrogens with two attached hydrogens (primary N) is 2. The second-order valence-corrected chi connectivity index (χ2v) is 11.4. The average Bonchev–Trinajstić information content (AvgIpc) is 2.86. The first-order chi connectivity index (χ1) is 16.7. The monoisotopic (exact) mass is 485 g/mol. The quantitative estimate of drug-likeness (QED) is 0.458. The van der Waals surface area contributed by atoms with Crippen molar-refractivity contribution in [3.63, 3.8) is 0 Å². The van der Waals surface area contributed by atoms with E-state index in [1.54, 1.807) is 12.3 Å². The van der Waals surface area contributed by atoms with Crippen LogP contribution in [-0.2, 0) is 16.1 Å². The summed E-state index contributed by atoms with van der Waals surface area (Å²) in [5.74, 6) is 0.475. The molecule has 0 spiro atoms. The normalized spacial score (nSPS) is 20.7. The number of likely N-dealkylation sites (N-methyl/N-ethyl adjacent to an activating group) is 1. The van der Waals surface area contributed by atoms with Gasteiger partial charge >= 0.3 is 0 Å². The average molecular weight is 486 g/mol. The maximum atomic E-state index is 14.2. The van der Waals surface area contributed by atoms with Crippen molar-refractivity contribution in [2.45, 2.75) is 103 Å². The number of hydrogen-bond acceptors (Lipinski definition) is 5. The molecule has 1 heterocycles. The lowest BCUT2D eigenvalue weighted by molar-refractivity contribution is -0.150. The fraction of sp³-hybridized carbons (Fsp3) is 0.750. The van der Waals surface area contributed by atoms with Gasteiger partial charge in [0, 0.05) is 18.8 Å². The van der Waals surface area contributed by atoms with Gasteiger partial charge in [-0.25, -0.2) is 4.98 Å². The van der Waals surface area contributed by atoms with Crippen molar-refractivity contribution in [2.24, 2.45) is 29.4 Å². The molecule has 1 aromatic heterocycles. The van der Waals surface area contributed by atoms with Gasteiger partial charge in [-0.05, 0) is 57.2 Å². The summed E-state index contributed by atoms with van der Waals surface area (Å²) in [6, 6.07) is 3.69. The van der Waals surface area contributed by atoms with Gasteiger partial charge in [-0.3, -0.25) is 14.5 Å². The Morgan fingerprint density at radius 2 is 1.60 bits per heavy atom. The number of carbonyl (C=O) groups is 2. The number of rotatable bonds is 10.